The Morgan fingerprint density at radius 3 is 3.00 bits per heavy atom. The molecule has 1 spiro atoms. The summed E-state index contributed by atoms with van der Waals surface area (Å²) < 4.78 is 6.18. The molecule has 1 saturated carbocycles. The van der Waals surface area contributed by atoms with Gasteiger partial charge in [0.2, 0.25) is 5.91 Å². The summed E-state index contributed by atoms with van der Waals surface area (Å²) in [5, 5.41) is 0. The number of carbonyl (C=O) groups excluding carboxylic acids is 1. The van der Waals surface area contributed by atoms with Crippen LogP contribution in [0.5, 0.6) is 0 Å². The number of carbonyl (C=O) groups is 1. The Kier molecular flexibility index (Phi) is 3.93. The SMILES string of the molecule is O=C(CC1CC1)N1CCO[C@@]2(CCCN(c3cnccn3)C2)C1. The summed E-state index contributed by atoms with van der Waals surface area (Å²) in [5.41, 5.74) is -0.243. The van der Waals surface area contributed by atoms with E-state index in [0.717, 1.165) is 51.3 Å². The fraction of sp³-hybridized carbons (Fsp3) is 0.706. The van der Waals surface area contributed by atoms with Gasteiger partial charge in [-0.2, -0.15) is 0 Å². The van der Waals surface area contributed by atoms with E-state index in [4.69, 9.17) is 4.74 Å². The molecule has 0 unspecified atom stereocenters. The average molecular weight is 316 g/mol. The van der Waals surface area contributed by atoms with Crippen LogP contribution in [0.15, 0.2) is 18.6 Å². The van der Waals surface area contributed by atoms with Gasteiger partial charge in [-0.05, 0) is 31.6 Å². The summed E-state index contributed by atoms with van der Waals surface area (Å²) in [4.78, 5) is 25.3. The molecule has 2 aliphatic heterocycles. The zero-order chi connectivity index (χ0) is 15.7. The topological polar surface area (TPSA) is 58.6 Å². The number of amides is 1. The van der Waals surface area contributed by atoms with E-state index in [1.54, 1.807) is 18.6 Å². The summed E-state index contributed by atoms with van der Waals surface area (Å²) in [7, 11) is 0. The van der Waals surface area contributed by atoms with Gasteiger partial charge in [0.05, 0.1) is 25.9 Å². The first kappa shape index (κ1) is 14.9. The van der Waals surface area contributed by atoms with Crippen molar-refractivity contribution in [1.29, 1.82) is 0 Å². The molecule has 0 N–H and O–H groups in total. The van der Waals surface area contributed by atoms with Crippen molar-refractivity contribution < 1.29 is 9.53 Å². The van der Waals surface area contributed by atoms with Crippen molar-refractivity contribution in [3.05, 3.63) is 18.6 Å². The molecule has 3 aliphatic rings. The number of ether oxygens (including phenoxy) is 1. The van der Waals surface area contributed by atoms with Crippen LogP contribution in [0, 0.1) is 5.92 Å². The number of anilines is 1. The monoisotopic (exact) mass is 316 g/mol. The van der Waals surface area contributed by atoms with E-state index in [1.807, 2.05) is 4.90 Å². The molecule has 4 rings (SSSR count). The summed E-state index contributed by atoms with van der Waals surface area (Å²) in [6.45, 7) is 3.86. The van der Waals surface area contributed by atoms with Crippen LogP contribution >= 0.6 is 0 Å². The molecule has 0 bridgehead atoms. The predicted molar refractivity (Wildman–Crippen MR) is 86.1 cm³/mol. The lowest BCUT2D eigenvalue weighted by Crippen LogP contribution is -2.61. The highest BCUT2D eigenvalue weighted by Crippen LogP contribution is 2.35. The number of nitrogens with zero attached hydrogens (tertiary/aromatic N) is 4. The Balaban J connectivity index is 1.44. The zero-order valence-corrected chi connectivity index (χ0v) is 13.5. The maximum absolute atomic E-state index is 12.5. The highest BCUT2D eigenvalue weighted by molar-refractivity contribution is 5.77. The molecule has 0 aromatic carbocycles. The summed E-state index contributed by atoms with van der Waals surface area (Å²) in [6, 6.07) is 0. The van der Waals surface area contributed by atoms with Gasteiger partial charge in [-0.3, -0.25) is 9.78 Å². The number of hydrogen-bond acceptors (Lipinski definition) is 5. The number of hydrogen-bond donors (Lipinski definition) is 0. The Bertz CT molecular complexity index is 559. The minimum absolute atomic E-state index is 0.243. The Hall–Kier alpha value is -1.69. The predicted octanol–water partition coefficient (Wildman–Crippen LogP) is 1.47. The van der Waals surface area contributed by atoms with Crippen LogP contribution in [0.3, 0.4) is 0 Å². The third kappa shape index (κ3) is 3.32. The van der Waals surface area contributed by atoms with E-state index in [2.05, 4.69) is 14.9 Å². The molecule has 2 saturated heterocycles. The first-order valence-electron chi connectivity index (χ1n) is 8.67. The van der Waals surface area contributed by atoms with Crippen LogP contribution in [-0.4, -0.2) is 59.2 Å². The van der Waals surface area contributed by atoms with Crippen LogP contribution in [0.1, 0.15) is 32.1 Å². The maximum Gasteiger partial charge on any atom is 0.223 e. The van der Waals surface area contributed by atoms with Crippen molar-refractivity contribution in [3.8, 4) is 0 Å². The van der Waals surface area contributed by atoms with Gasteiger partial charge in [-0.1, -0.05) is 0 Å². The standard InChI is InChI=1S/C17H24N4O2/c22-16(10-14-2-3-14)21-8-9-23-17(13-21)4-1-7-20(12-17)15-11-18-5-6-19-15/h5-6,11,14H,1-4,7-10,12-13H2/t17-/m1/s1. The smallest absolute Gasteiger partial charge is 0.223 e. The number of rotatable bonds is 3. The van der Waals surface area contributed by atoms with E-state index < -0.39 is 0 Å². The molecule has 1 aliphatic carbocycles. The highest BCUT2D eigenvalue weighted by Gasteiger charge is 2.42. The molecule has 1 amide bonds. The number of piperidine rings is 1. The lowest BCUT2D eigenvalue weighted by Gasteiger charge is -2.48. The second-order valence-electron chi connectivity index (χ2n) is 7.08. The molecular weight excluding hydrogens is 292 g/mol. The van der Waals surface area contributed by atoms with Crippen LogP contribution in [-0.2, 0) is 9.53 Å². The second-order valence-corrected chi connectivity index (χ2v) is 7.08. The van der Waals surface area contributed by atoms with E-state index in [-0.39, 0.29) is 5.60 Å². The van der Waals surface area contributed by atoms with Gasteiger partial charge in [0, 0.05) is 31.9 Å². The fourth-order valence-electron chi connectivity index (χ4n) is 3.75. The summed E-state index contributed by atoms with van der Waals surface area (Å²) >= 11 is 0. The van der Waals surface area contributed by atoms with Crippen LogP contribution in [0.2, 0.25) is 0 Å². The van der Waals surface area contributed by atoms with Gasteiger partial charge in [0.25, 0.3) is 0 Å². The van der Waals surface area contributed by atoms with Crippen LogP contribution < -0.4 is 4.90 Å². The van der Waals surface area contributed by atoms with Crippen molar-refractivity contribution in [3.63, 3.8) is 0 Å². The van der Waals surface area contributed by atoms with E-state index in [0.29, 0.717) is 18.4 Å². The molecule has 0 radical (unpaired) electrons. The number of morpholine rings is 1. The molecule has 124 valence electrons. The minimum Gasteiger partial charge on any atom is -0.369 e. The summed E-state index contributed by atoms with van der Waals surface area (Å²) in [6.07, 6.45) is 10.5. The van der Waals surface area contributed by atoms with E-state index in [9.17, 15) is 4.79 Å². The normalized spacial score (nSPS) is 28.2. The minimum atomic E-state index is -0.243. The first-order valence-corrected chi connectivity index (χ1v) is 8.67. The highest BCUT2D eigenvalue weighted by atomic mass is 16.5. The Morgan fingerprint density at radius 1 is 1.30 bits per heavy atom. The lowest BCUT2D eigenvalue weighted by molar-refractivity contribution is -0.152. The van der Waals surface area contributed by atoms with Gasteiger partial charge >= 0.3 is 0 Å². The van der Waals surface area contributed by atoms with Gasteiger partial charge in [0.1, 0.15) is 11.4 Å². The molecular formula is C17H24N4O2. The van der Waals surface area contributed by atoms with Crippen molar-refractivity contribution in [2.24, 2.45) is 5.92 Å². The van der Waals surface area contributed by atoms with Gasteiger partial charge in [-0.25, -0.2) is 4.98 Å². The quantitative estimate of drug-likeness (QED) is 0.845. The van der Waals surface area contributed by atoms with Crippen LogP contribution in [0.25, 0.3) is 0 Å². The molecule has 3 fully saturated rings. The van der Waals surface area contributed by atoms with Gasteiger partial charge in [0.15, 0.2) is 0 Å². The van der Waals surface area contributed by atoms with Gasteiger partial charge < -0.3 is 14.5 Å². The van der Waals surface area contributed by atoms with Crippen molar-refractivity contribution in [1.82, 2.24) is 14.9 Å². The second kappa shape index (κ2) is 6.07. The Labute approximate surface area is 136 Å². The molecule has 3 heterocycles. The fourth-order valence-corrected chi connectivity index (χ4v) is 3.75. The van der Waals surface area contributed by atoms with E-state index in [1.165, 1.54) is 12.8 Å². The average Bonchev–Trinajstić information content (AvgIpc) is 3.40. The summed E-state index contributed by atoms with van der Waals surface area (Å²) in [5.74, 6) is 1.85. The van der Waals surface area contributed by atoms with Crippen molar-refractivity contribution in [2.45, 2.75) is 37.7 Å². The third-order valence-electron chi connectivity index (χ3n) is 5.17. The van der Waals surface area contributed by atoms with Crippen LogP contribution in [0.4, 0.5) is 5.82 Å². The maximum atomic E-state index is 12.5. The molecule has 6 nitrogen and oxygen atoms in total. The number of aromatic nitrogens is 2. The van der Waals surface area contributed by atoms with Gasteiger partial charge in [-0.15, -0.1) is 0 Å². The zero-order valence-electron chi connectivity index (χ0n) is 13.5. The van der Waals surface area contributed by atoms with Crippen molar-refractivity contribution in [2.75, 3.05) is 37.7 Å². The largest absolute Gasteiger partial charge is 0.369 e. The van der Waals surface area contributed by atoms with E-state index >= 15 is 0 Å². The molecule has 6 heteroatoms. The molecule has 23 heavy (non-hydrogen) atoms. The molecule has 1 aromatic heterocycles. The van der Waals surface area contributed by atoms with Crippen molar-refractivity contribution >= 4 is 11.7 Å². The molecule has 1 atom stereocenters. The molecule has 1 aromatic rings. The first-order chi connectivity index (χ1) is 11.2. The lowest BCUT2D eigenvalue weighted by atomic mass is 9.90. The third-order valence-corrected chi connectivity index (χ3v) is 5.17. The Morgan fingerprint density at radius 2 is 2.22 bits per heavy atom.